The Morgan fingerprint density at radius 3 is 2.44 bits per heavy atom. The van der Waals surface area contributed by atoms with E-state index in [1.165, 1.54) is 0 Å². The van der Waals surface area contributed by atoms with Crippen molar-refractivity contribution in [3.8, 4) is 11.1 Å². The molecule has 3 fully saturated rings. The van der Waals surface area contributed by atoms with E-state index < -0.39 is 15.6 Å². The van der Waals surface area contributed by atoms with Crippen molar-refractivity contribution in [3.05, 3.63) is 54.7 Å². The number of nitrogens with zero attached hydrogens (tertiary/aromatic N) is 3. The van der Waals surface area contributed by atoms with Crippen molar-refractivity contribution in [1.29, 1.82) is 0 Å². The van der Waals surface area contributed by atoms with Gasteiger partial charge in [0.15, 0.2) is 0 Å². The van der Waals surface area contributed by atoms with Crippen molar-refractivity contribution in [3.63, 3.8) is 0 Å². The van der Waals surface area contributed by atoms with Gasteiger partial charge >= 0.3 is 0 Å². The molecule has 1 amide bonds. The molecule has 1 saturated carbocycles. The normalized spacial score (nSPS) is 20.7. The van der Waals surface area contributed by atoms with Crippen molar-refractivity contribution >= 4 is 32.5 Å². The van der Waals surface area contributed by atoms with Crippen LogP contribution in [-0.4, -0.2) is 73.4 Å². The number of sulfonamides is 1. The first kappa shape index (κ1) is 23.4. The number of benzene rings is 2. The van der Waals surface area contributed by atoms with Gasteiger partial charge in [-0.05, 0) is 61.1 Å². The smallest absolute Gasteiger partial charge is 0.248 e. The Hall–Kier alpha value is -3.01. The van der Waals surface area contributed by atoms with Crippen molar-refractivity contribution in [1.82, 2.24) is 14.2 Å². The predicted molar refractivity (Wildman–Crippen MR) is 138 cm³/mol. The summed E-state index contributed by atoms with van der Waals surface area (Å²) >= 11 is 0. The van der Waals surface area contributed by atoms with E-state index in [1.54, 1.807) is 22.6 Å². The van der Waals surface area contributed by atoms with Crippen LogP contribution >= 0.6 is 0 Å². The fourth-order valence-electron chi connectivity index (χ4n) is 5.41. The molecule has 36 heavy (non-hydrogen) atoms. The van der Waals surface area contributed by atoms with Gasteiger partial charge in [0.1, 0.15) is 6.61 Å². The molecule has 1 aliphatic carbocycles. The molecule has 6 rings (SSSR count). The molecule has 1 spiro atoms. The summed E-state index contributed by atoms with van der Waals surface area (Å²) in [6.07, 6.45) is 5.09. The summed E-state index contributed by atoms with van der Waals surface area (Å²) in [6, 6.07) is 15.4. The molecule has 1 N–H and O–H groups in total. The number of pyridine rings is 1. The third kappa shape index (κ3) is 4.15. The first-order valence-corrected chi connectivity index (χ1v) is 13.9. The Morgan fingerprint density at radius 1 is 1.03 bits per heavy atom. The van der Waals surface area contributed by atoms with Gasteiger partial charge in [-0.1, -0.05) is 24.3 Å². The zero-order valence-corrected chi connectivity index (χ0v) is 21.1. The van der Waals surface area contributed by atoms with Crippen LogP contribution < -0.4 is 5.32 Å². The van der Waals surface area contributed by atoms with Crippen molar-refractivity contribution in [2.24, 2.45) is 0 Å². The van der Waals surface area contributed by atoms with Gasteiger partial charge in [-0.25, -0.2) is 8.42 Å². The molecule has 2 aliphatic heterocycles. The Balaban J connectivity index is 1.17. The van der Waals surface area contributed by atoms with Crippen LogP contribution in [0.3, 0.4) is 0 Å². The Kier molecular flexibility index (Phi) is 5.74. The number of amides is 1. The van der Waals surface area contributed by atoms with Crippen LogP contribution in [-0.2, 0) is 19.6 Å². The van der Waals surface area contributed by atoms with Crippen LogP contribution in [0.2, 0.25) is 0 Å². The van der Waals surface area contributed by atoms with Crippen molar-refractivity contribution in [2.45, 2.75) is 42.2 Å². The van der Waals surface area contributed by atoms with Crippen LogP contribution in [0, 0.1) is 0 Å². The molecule has 1 aromatic heterocycles. The molecule has 2 saturated heterocycles. The number of hydrogen-bond donors (Lipinski definition) is 1. The lowest BCUT2D eigenvalue weighted by atomic mass is 9.90. The minimum Gasteiger partial charge on any atom is -0.388 e. The second kappa shape index (κ2) is 8.83. The number of ether oxygens (including phenoxy) is 1. The van der Waals surface area contributed by atoms with Gasteiger partial charge in [-0.2, -0.15) is 4.31 Å². The summed E-state index contributed by atoms with van der Waals surface area (Å²) in [5, 5.41) is 4.22. The van der Waals surface area contributed by atoms with E-state index in [0.717, 1.165) is 40.6 Å². The number of carbonyl (C=O) groups is 1. The highest BCUT2D eigenvalue weighted by atomic mass is 32.2. The number of morpholine rings is 1. The molecule has 9 heteroatoms. The number of rotatable bonds is 5. The van der Waals surface area contributed by atoms with Gasteiger partial charge < -0.3 is 15.0 Å². The van der Waals surface area contributed by atoms with E-state index >= 15 is 0 Å². The maximum Gasteiger partial charge on any atom is 0.248 e. The minimum atomic E-state index is -3.61. The molecule has 3 aliphatic rings. The predicted octanol–water partition coefficient (Wildman–Crippen LogP) is 3.49. The highest BCUT2D eigenvalue weighted by Gasteiger charge is 2.47. The molecule has 0 bridgehead atoms. The van der Waals surface area contributed by atoms with E-state index in [2.05, 4.69) is 10.3 Å². The van der Waals surface area contributed by atoms with E-state index in [-0.39, 0.29) is 17.4 Å². The summed E-state index contributed by atoms with van der Waals surface area (Å²) in [7, 11) is -1.73. The topological polar surface area (TPSA) is 91.8 Å². The van der Waals surface area contributed by atoms with E-state index in [4.69, 9.17) is 4.74 Å². The van der Waals surface area contributed by atoms with Crippen LogP contribution in [0.4, 0.5) is 5.69 Å². The van der Waals surface area contributed by atoms with Crippen LogP contribution in [0.15, 0.2) is 59.6 Å². The number of nitrogens with one attached hydrogen (secondary N) is 1. The Morgan fingerprint density at radius 2 is 1.75 bits per heavy atom. The maximum absolute atomic E-state index is 13.4. The highest BCUT2D eigenvalue weighted by molar-refractivity contribution is 7.89. The monoisotopic (exact) mass is 506 g/mol. The van der Waals surface area contributed by atoms with Gasteiger partial charge in [-0.3, -0.25) is 9.78 Å². The largest absolute Gasteiger partial charge is 0.388 e. The second-order valence-electron chi connectivity index (χ2n) is 9.99. The number of piperidine rings is 1. The third-order valence-corrected chi connectivity index (χ3v) is 9.65. The van der Waals surface area contributed by atoms with Crippen molar-refractivity contribution < 1.29 is 17.9 Å². The number of fused-ring (bicyclic) bond motifs is 1. The lowest BCUT2D eigenvalue weighted by molar-refractivity contribution is -0.170. The maximum atomic E-state index is 13.4. The average Bonchev–Trinajstić information content (AvgIpc) is 3.75. The zero-order chi connectivity index (χ0) is 24.9. The number of carbonyl (C=O) groups excluding carboxylic acids is 1. The Labute approximate surface area is 211 Å². The molecule has 0 unspecified atom stereocenters. The van der Waals surface area contributed by atoms with Gasteiger partial charge in [-0.15, -0.1) is 0 Å². The third-order valence-electron chi connectivity index (χ3n) is 7.74. The molecular formula is C27H30N4O4S. The molecule has 0 radical (unpaired) electrons. The van der Waals surface area contributed by atoms with E-state index in [0.29, 0.717) is 38.5 Å². The van der Waals surface area contributed by atoms with Gasteiger partial charge in [0.2, 0.25) is 15.9 Å². The average molecular weight is 507 g/mol. The molecule has 3 heterocycles. The summed E-state index contributed by atoms with van der Waals surface area (Å²) in [5.74, 6) is 0.0583. The molecule has 2 aromatic carbocycles. The molecule has 0 atom stereocenters. The lowest BCUT2D eigenvalue weighted by Gasteiger charge is -2.46. The minimum absolute atomic E-state index is 0.0583. The van der Waals surface area contributed by atoms with E-state index in [1.807, 2.05) is 48.3 Å². The summed E-state index contributed by atoms with van der Waals surface area (Å²) in [4.78, 5) is 18.9. The second-order valence-corrected chi connectivity index (χ2v) is 11.9. The van der Waals surface area contributed by atoms with Gasteiger partial charge in [0, 0.05) is 43.4 Å². The van der Waals surface area contributed by atoms with Crippen molar-refractivity contribution in [2.75, 3.05) is 38.6 Å². The first-order chi connectivity index (χ1) is 17.4. The SMILES string of the molecule is CNc1ccnc2cc(-c3ccc(S(=O)(=O)N4CCC5(CC4)CN(C4CC4)C(=O)CO5)cc3)ccc12. The molecular weight excluding hydrogens is 476 g/mol. The number of hydrogen-bond acceptors (Lipinski definition) is 6. The molecule has 188 valence electrons. The molecule has 8 nitrogen and oxygen atoms in total. The van der Waals surface area contributed by atoms with Crippen LogP contribution in [0.1, 0.15) is 25.7 Å². The van der Waals surface area contributed by atoms with Crippen LogP contribution in [0.5, 0.6) is 0 Å². The Bertz CT molecular complexity index is 1410. The number of aromatic nitrogens is 1. The van der Waals surface area contributed by atoms with Gasteiger partial charge in [0.05, 0.1) is 22.6 Å². The standard InChI is InChI=1S/C27H30N4O4S/c1-28-24-10-13-29-25-16-20(4-9-23(24)25)19-2-7-22(8-3-19)36(33,34)30-14-11-27(12-15-30)18-31(21-5-6-21)26(32)17-35-27/h2-4,7-10,13,16,21H,5-6,11-12,14-15,17-18H2,1H3,(H,28,29). The lowest BCUT2D eigenvalue weighted by Crippen LogP contribution is -2.59. The summed E-state index contributed by atoms with van der Waals surface area (Å²) < 4.78 is 34.3. The fraction of sp³-hybridized carbons (Fsp3) is 0.407. The number of anilines is 1. The first-order valence-electron chi connectivity index (χ1n) is 12.5. The molecule has 3 aromatic rings. The quantitative estimate of drug-likeness (QED) is 0.570. The highest BCUT2D eigenvalue weighted by Crippen LogP contribution is 2.37. The van der Waals surface area contributed by atoms with Crippen LogP contribution in [0.25, 0.3) is 22.0 Å². The zero-order valence-electron chi connectivity index (χ0n) is 20.3. The summed E-state index contributed by atoms with van der Waals surface area (Å²) in [6.45, 7) is 1.46. The fourth-order valence-corrected chi connectivity index (χ4v) is 6.85. The van der Waals surface area contributed by atoms with Gasteiger partial charge in [0.25, 0.3) is 0 Å². The van der Waals surface area contributed by atoms with E-state index in [9.17, 15) is 13.2 Å². The summed E-state index contributed by atoms with van der Waals surface area (Å²) in [5.41, 5.74) is 3.39.